The van der Waals surface area contributed by atoms with Gasteiger partial charge in [0.2, 0.25) is 5.91 Å². The Balaban J connectivity index is 1.52. The van der Waals surface area contributed by atoms with E-state index in [0.29, 0.717) is 22.2 Å². The minimum absolute atomic E-state index is 0.0691. The van der Waals surface area contributed by atoms with Crippen LogP contribution in [-0.2, 0) is 10.5 Å². The molecule has 0 unspecified atom stereocenters. The van der Waals surface area contributed by atoms with Gasteiger partial charge < -0.3 is 9.73 Å². The molecule has 25 heavy (non-hydrogen) atoms. The van der Waals surface area contributed by atoms with E-state index in [1.165, 1.54) is 23.1 Å². The first kappa shape index (κ1) is 18.0. The molecule has 1 aromatic carbocycles. The average molecular weight is 393 g/mol. The van der Waals surface area contributed by atoms with Gasteiger partial charge in [-0.3, -0.25) is 4.79 Å². The highest BCUT2D eigenvalue weighted by atomic mass is 35.5. The lowest BCUT2D eigenvalue weighted by Crippen LogP contribution is -2.15. The lowest BCUT2D eigenvalue weighted by molar-refractivity contribution is -0.113. The fraction of sp³-hybridized carbons (Fsp3) is 0.222. The zero-order chi connectivity index (χ0) is 17.8. The number of anilines is 1. The van der Waals surface area contributed by atoms with Crippen LogP contribution in [0.1, 0.15) is 16.8 Å². The topological polar surface area (TPSA) is 55.1 Å². The molecule has 3 aromatic rings. The Morgan fingerprint density at radius 2 is 2.24 bits per heavy atom. The van der Waals surface area contributed by atoms with Crippen LogP contribution < -0.4 is 5.32 Å². The second kappa shape index (κ2) is 8.08. The number of hydrogen-bond donors (Lipinski definition) is 1. The molecule has 2 heterocycles. The number of furan rings is 1. The van der Waals surface area contributed by atoms with Crippen LogP contribution in [0.4, 0.5) is 5.69 Å². The molecule has 130 valence electrons. The third-order valence-electron chi connectivity index (χ3n) is 3.46. The van der Waals surface area contributed by atoms with Crippen molar-refractivity contribution in [3.05, 3.63) is 57.8 Å². The van der Waals surface area contributed by atoms with E-state index in [4.69, 9.17) is 16.0 Å². The summed E-state index contributed by atoms with van der Waals surface area (Å²) in [6.45, 7) is 3.91. The van der Waals surface area contributed by atoms with Crippen molar-refractivity contribution in [3.8, 4) is 10.8 Å². The van der Waals surface area contributed by atoms with Crippen LogP contribution in [0, 0.1) is 13.8 Å². The molecule has 0 saturated carbocycles. The van der Waals surface area contributed by atoms with Crippen LogP contribution in [-0.4, -0.2) is 16.6 Å². The molecule has 0 atom stereocenters. The van der Waals surface area contributed by atoms with Crippen LogP contribution >= 0.6 is 34.7 Å². The molecule has 0 bridgehead atoms. The predicted molar refractivity (Wildman–Crippen MR) is 106 cm³/mol. The molecule has 2 aromatic heterocycles. The van der Waals surface area contributed by atoms with Gasteiger partial charge in [0.25, 0.3) is 0 Å². The van der Waals surface area contributed by atoms with Gasteiger partial charge in [-0.25, -0.2) is 4.98 Å². The number of carbonyl (C=O) groups is 1. The molecule has 3 rings (SSSR count). The summed E-state index contributed by atoms with van der Waals surface area (Å²) >= 11 is 9.28. The van der Waals surface area contributed by atoms with Crippen LogP contribution in [0.5, 0.6) is 0 Å². The van der Waals surface area contributed by atoms with Gasteiger partial charge in [-0.1, -0.05) is 17.7 Å². The highest BCUT2D eigenvalue weighted by Gasteiger charge is 2.11. The number of aromatic nitrogens is 1. The molecule has 0 aliphatic carbocycles. The van der Waals surface area contributed by atoms with Crippen LogP contribution in [0.25, 0.3) is 10.8 Å². The number of rotatable bonds is 6. The number of amides is 1. The summed E-state index contributed by atoms with van der Waals surface area (Å²) in [5.74, 6) is 1.71. The van der Waals surface area contributed by atoms with E-state index in [9.17, 15) is 4.79 Å². The maximum atomic E-state index is 12.2. The van der Waals surface area contributed by atoms with Gasteiger partial charge >= 0.3 is 0 Å². The van der Waals surface area contributed by atoms with Gasteiger partial charge in [-0.2, -0.15) is 0 Å². The molecular formula is C18H17ClN2O2S2. The van der Waals surface area contributed by atoms with Gasteiger partial charge in [0.1, 0.15) is 0 Å². The molecule has 4 nitrogen and oxygen atoms in total. The first-order chi connectivity index (χ1) is 12.0. The van der Waals surface area contributed by atoms with Gasteiger partial charge in [-0.15, -0.1) is 23.1 Å². The average Bonchev–Trinajstić information content (AvgIpc) is 3.22. The van der Waals surface area contributed by atoms with E-state index in [0.717, 1.165) is 27.6 Å². The van der Waals surface area contributed by atoms with Crippen molar-refractivity contribution in [2.24, 2.45) is 0 Å². The van der Waals surface area contributed by atoms with Crippen molar-refractivity contribution < 1.29 is 9.21 Å². The Hall–Kier alpha value is -1.76. The van der Waals surface area contributed by atoms with Crippen molar-refractivity contribution in [1.29, 1.82) is 0 Å². The van der Waals surface area contributed by atoms with Crippen molar-refractivity contribution in [3.63, 3.8) is 0 Å². The third kappa shape index (κ3) is 4.66. The lowest BCUT2D eigenvalue weighted by atomic mass is 10.1. The molecule has 0 aliphatic heterocycles. The fourth-order valence-electron chi connectivity index (χ4n) is 2.38. The summed E-state index contributed by atoms with van der Waals surface area (Å²) in [5, 5.41) is 6.31. The number of nitrogens with one attached hydrogen (secondary N) is 1. The SMILES string of the molecule is Cc1cc(C)c(NC(=O)CSCc2csc(-c3ccco3)n2)c(Cl)c1. The van der Waals surface area contributed by atoms with Gasteiger partial charge in [0, 0.05) is 11.1 Å². The summed E-state index contributed by atoms with van der Waals surface area (Å²) in [6.07, 6.45) is 1.63. The number of halogens is 1. The summed E-state index contributed by atoms with van der Waals surface area (Å²) in [4.78, 5) is 16.7. The highest BCUT2D eigenvalue weighted by Crippen LogP contribution is 2.28. The van der Waals surface area contributed by atoms with Gasteiger partial charge in [-0.05, 0) is 43.2 Å². The smallest absolute Gasteiger partial charge is 0.234 e. The Bertz CT molecular complexity index is 852. The zero-order valence-electron chi connectivity index (χ0n) is 13.8. The largest absolute Gasteiger partial charge is 0.462 e. The predicted octanol–water partition coefficient (Wildman–Crippen LogP) is 5.55. The van der Waals surface area contributed by atoms with Crippen LogP contribution in [0.2, 0.25) is 5.02 Å². The van der Waals surface area contributed by atoms with E-state index in [2.05, 4.69) is 10.3 Å². The van der Waals surface area contributed by atoms with Crippen LogP contribution in [0.15, 0.2) is 40.3 Å². The number of aryl methyl sites for hydroxylation is 2. The summed E-state index contributed by atoms with van der Waals surface area (Å²) in [6, 6.07) is 7.58. The van der Waals surface area contributed by atoms with Crippen molar-refractivity contribution in [2.45, 2.75) is 19.6 Å². The normalized spacial score (nSPS) is 10.8. The molecule has 0 fully saturated rings. The maximum absolute atomic E-state index is 12.2. The minimum Gasteiger partial charge on any atom is -0.462 e. The molecule has 0 saturated heterocycles. The van der Waals surface area contributed by atoms with E-state index in [1.807, 2.05) is 43.5 Å². The van der Waals surface area contributed by atoms with Gasteiger partial charge in [0.05, 0.1) is 28.4 Å². The van der Waals surface area contributed by atoms with E-state index in [1.54, 1.807) is 6.26 Å². The standard InChI is InChI=1S/C18H17ClN2O2S2/c1-11-6-12(2)17(14(19)7-11)21-16(22)10-24-8-13-9-25-18(20-13)15-4-3-5-23-15/h3-7,9H,8,10H2,1-2H3,(H,21,22). The molecule has 0 radical (unpaired) electrons. The van der Waals surface area contributed by atoms with Crippen LogP contribution in [0.3, 0.4) is 0 Å². The van der Waals surface area contributed by atoms with Gasteiger partial charge in [0.15, 0.2) is 10.8 Å². The highest BCUT2D eigenvalue weighted by molar-refractivity contribution is 7.99. The number of benzene rings is 1. The number of carbonyl (C=O) groups excluding carboxylic acids is 1. The summed E-state index contributed by atoms with van der Waals surface area (Å²) in [7, 11) is 0. The molecular weight excluding hydrogens is 376 g/mol. The molecule has 0 aliphatic rings. The number of nitrogens with zero attached hydrogens (tertiary/aromatic N) is 1. The van der Waals surface area contributed by atoms with Crippen molar-refractivity contribution in [2.75, 3.05) is 11.1 Å². The molecule has 0 spiro atoms. The Labute approximate surface area is 159 Å². The summed E-state index contributed by atoms with van der Waals surface area (Å²) < 4.78 is 5.34. The monoisotopic (exact) mass is 392 g/mol. The van der Waals surface area contributed by atoms with Crippen molar-refractivity contribution in [1.82, 2.24) is 4.98 Å². The first-order valence-corrected chi connectivity index (χ1v) is 10.1. The Morgan fingerprint density at radius 1 is 1.40 bits per heavy atom. The summed E-state index contributed by atoms with van der Waals surface area (Å²) in [5.41, 5.74) is 3.67. The lowest BCUT2D eigenvalue weighted by Gasteiger charge is -2.11. The first-order valence-electron chi connectivity index (χ1n) is 7.65. The molecule has 1 amide bonds. The minimum atomic E-state index is -0.0691. The number of thiazole rings is 1. The Kier molecular flexibility index (Phi) is 5.83. The fourth-order valence-corrected chi connectivity index (χ4v) is 4.36. The second-order valence-electron chi connectivity index (χ2n) is 5.60. The molecule has 7 heteroatoms. The van der Waals surface area contributed by atoms with E-state index < -0.39 is 0 Å². The van der Waals surface area contributed by atoms with E-state index >= 15 is 0 Å². The Morgan fingerprint density at radius 3 is 2.96 bits per heavy atom. The second-order valence-corrected chi connectivity index (χ2v) is 7.85. The number of hydrogen-bond acceptors (Lipinski definition) is 5. The van der Waals surface area contributed by atoms with Crippen molar-refractivity contribution >= 4 is 46.3 Å². The van der Waals surface area contributed by atoms with E-state index in [-0.39, 0.29) is 5.91 Å². The zero-order valence-corrected chi connectivity index (χ0v) is 16.2. The third-order valence-corrected chi connectivity index (χ3v) is 5.63. The number of thioether (sulfide) groups is 1. The molecule has 1 N–H and O–H groups in total. The quantitative estimate of drug-likeness (QED) is 0.597. The maximum Gasteiger partial charge on any atom is 0.234 e.